The van der Waals surface area contributed by atoms with Crippen molar-refractivity contribution in [2.75, 3.05) is 129 Å². The molecule has 4 aromatic carbocycles. The van der Waals surface area contributed by atoms with E-state index >= 15 is 0 Å². The van der Waals surface area contributed by atoms with Crippen molar-refractivity contribution in [2.45, 2.75) is 77.8 Å². The van der Waals surface area contributed by atoms with Gasteiger partial charge in [0.05, 0.1) is 99.3 Å². The minimum Gasteiger partial charge on any atom is -0.493 e. The monoisotopic (exact) mass is 1370 g/mol. The van der Waals surface area contributed by atoms with Crippen molar-refractivity contribution in [1.82, 2.24) is 54.6 Å². The van der Waals surface area contributed by atoms with Gasteiger partial charge in [0, 0.05) is 138 Å². The molecule has 8 aromatic rings. The minimum absolute atomic E-state index is 0.0602. The van der Waals surface area contributed by atoms with Crippen molar-refractivity contribution >= 4 is 61.2 Å². The lowest BCUT2D eigenvalue weighted by molar-refractivity contribution is -0.122. The van der Waals surface area contributed by atoms with Gasteiger partial charge in [-0.05, 0) is 120 Å². The van der Waals surface area contributed by atoms with Gasteiger partial charge in [-0.15, -0.1) is 0 Å². The van der Waals surface area contributed by atoms with Crippen LogP contribution in [0.4, 0.5) is 11.5 Å². The molecule has 0 aliphatic carbocycles. The molecule has 4 aromatic heterocycles. The van der Waals surface area contributed by atoms with Crippen LogP contribution in [0.1, 0.15) is 79.7 Å². The number of aromatic amines is 1. The number of fused-ring (bicyclic) bond motifs is 2. The summed E-state index contributed by atoms with van der Waals surface area (Å²) in [5.74, 6) is 2.29. The van der Waals surface area contributed by atoms with E-state index in [1.807, 2.05) is 87.8 Å². The summed E-state index contributed by atoms with van der Waals surface area (Å²) in [5.41, 5.74) is 5.60. The molecule has 0 atom stereocenters. The number of hydrogen-bond donors (Lipinski definition) is 5. The Kier molecular flexibility index (Phi) is 25.4. The van der Waals surface area contributed by atoms with E-state index in [0.717, 1.165) is 84.7 Å². The number of amides is 3. The van der Waals surface area contributed by atoms with Gasteiger partial charge in [-0.1, -0.05) is 6.92 Å². The van der Waals surface area contributed by atoms with E-state index in [4.69, 9.17) is 38.1 Å². The maximum absolute atomic E-state index is 13.9. The number of benzene rings is 4. The van der Waals surface area contributed by atoms with E-state index in [0.29, 0.717) is 104 Å². The van der Waals surface area contributed by atoms with Crippen LogP contribution in [-0.2, 0) is 49.7 Å². The molecule has 0 spiro atoms. The third kappa shape index (κ3) is 19.0. The molecule has 27 nitrogen and oxygen atoms in total. The SMILES string of the molecule is CCCOc1cc(OCCCCN(C)CC(=O)NCCOCCOCCC(=O)NCCN2CCN(c3ccc(-c4cc(C(=O)NCc5c(C)cc(C)[nH]c5=O)c5cnn(C(C)C)c5c4)cn3)CC2)cc(Oc2cc3c(cc2NS(=O)(=O)c2ccc(OC)c(OC)c2)n(C)c(=O)n3C)c1. The molecular formula is C70H91N13O14S. The molecule has 1 aliphatic rings. The number of carbonyl (C=O) groups excluding carboxylic acids is 3. The highest BCUT2D eigenvalue weighted by molar-refractivity contribution is 7.92. The van der Waals surface area contributed by atoms with Gasteiger partial charge in [0.15, 0.2) is 17.2 Å². The van der Waals surface area contributed by atoms with Gasteiger partial charge < -0.3 is 59.0 Å². The molecule has 0 bridgehead atoms. The highest BCUT2D eigenvalue weighted by Gasteiger charge is 2.25. The molecule has 5 heterocycles. The average Bonchev–Trinajstić information content (AvgIpc) is 1.61. The van der Waals surface area contributed by atoms with Crippen molar-refractivity contribution in [1.29, 1.82) is 0 Å². The molecule has 5 N–H and O–H groups in total. The predicted octanol–water partition coefficient (Wildman–Crippen LogP) is 7.07. The number of anilines is 2. The Hall–Kier alpha value is -9.48. The number of nitrogens with zero attached hydrogens (tertiary/aromatic N) is 8. The largest absolute Gasteiger partial charge is 0.493 e. The minimum atomic E-state index is -4.22. The van der Waals surface area contributed by atoms with Gasteiger partial charge >= 0.3 is 5.69 Å². The second kappa shape index (κ2) is 34.1. The summed E-state index contributed by atoms with van der Waals surface area (Å²) < 4.78 is 75.8. The fourth-order valence-corrected chi connectivity index (χ4v) is 12.5. The molecule has 1 fully saturated rings. The number of likely N-dealkylation sites (N-methyl/N-ethyl adjacent to an activating group) is 1. The van der Waals surface area contributed by atoms with Gasteiger partial charge in [0.2, 0.25) is 11.8 Å². The van der Waals surface area contributed by atoms with E-state index in [-0.39, 0.29) is 83.2 Å². The van der Waals surface area contributed by atoms with E-state index in [9.17, 15) is 32.4 Å². The average molecular weight is 1370 g/mol. The molecule has 1 saturated heterocycles. The zero-order chi connectivity index (χ0) is 70.0. The number of H-pyrrole nitrogens is 1. The summed E-state index contributed by atoms with van der Waals surface area (Å²) in [7, 11) is 3.74. The molecule has 526 valence electrons. The number of hydrogen-bond acceptors (Lipinski definition) is 19. The van der Waals surface area contributed by atoms with Crippen molar-refractivity contribution in [3.8, 4) is 45.6 Å². The Morgan fingerprint density at radius 2 is 1.41 bits per heavy atom. The summed E-state index contributed by atoms with van der Waals surface area (Å²) in [6.45, 7) is 17.4. The fraction of sp³-hybridized carbons (Fsp3) is 0.443. The van der Waals surface area contributed by atoms with Crippen LogP contribution in [-0.4, -0.2) is 185 Å². The highest BCUT2D eigenvalue weighted by atomic mass is 32.2. The number of pyridine rings is 2. The lowest BCUT2D eigenvalue weighted by atomic mass is 10.0. The van der Waals surface area contributed by atoms with E-state index < -0.39 is 10.0 Å². The van der Waals surface area contributed by atoms with Gasteiger partial charge in [0.1, 0.15) is 23.1 Å². The van der Waals surface area contributed by atoms with Crippen LogP contribution in [0.2, 0.25) is 0 Å². The first-order chi connectivity index (χ1) is 47.1. The molecule has 0 unspecified atom stereocenters. The number of ether oxygens (including phenoxy) is 7. The Morgan fingerprint density at radius 3 is 2.10 bits per heavy atom. The molecular weight excluding hydrogens is 1280 g/mol. The number of rotatable bonds is 36. The van der Waals surface area contributed by atoms with Crippen LogP contribution in [0.25, 0.3) is 33.1 Å². The third-order valence-electron chi connectivity index (χ3n) is 16.8. The summed E-state index contributed by atoms with van der Waals surface area (Å²) >= 11 is 0. The third-order valence-corrected chi connectivity index (χ3v) is 18.1. The molecule has 3 amide bonds. The summed E-state index contributed by atoms with van der Waals surface area (Å²) in [5, 5.41) is 14.2. The summed E-state index contributed by atoms with van der Waals surface area (Å²) in [6, 6.07) is 22.4. The van der Waals surface area contributed by atoms with Gasteiger partial charge in [-0.2, -0.15) is 5.10 Å². The normalized spacial score (nSPS) is 12.8. The Bertz CT molecular complexity index is 4310. The molecule has 0 saturated carbocycles. The van der Waals surface area contributed by atoms with Crippen LogP contribution < -0.4 is 60.5 Å². The van der Waals surface area contributed by atoms with Crippen LogP contribution in [0, 0.1) is 13.8 Å². The number of sulfonamides is 1. The molecule has 98 heavy (non-hydrogen) atoms. The molecule has 0 radical (unpaired) electrons. The number of piperazine rings is 1. The molecule has 1 aliphatic heterocycles. The summed E-state index contributed by atoms with van der Waals surface area (Å²) in [6.07, 6.45) is 5.94. The van der Waals surface area contributed by atoms with Crippen LogP contribution in [0.15, 0.2) is 106 Å². The zero-order valence-electron chi connectivity index (χ0n) is 57.6. The standard InChI is InChI=1S/C70H91N13O14S/c1-11-27-95-51-36-52(38-53(37-51)97-63-41-61-60(79(7)70(88)80(61)8)40-58(63)77-98(89,90)54-15-16-62(91-9)64(39-54)92-10)96-28-13-12-21-78(6)45-67(85)72-20-30-94-32-31-93-29-18-66(84)71-19-22-81-23-25-82(26-24-81)65-17-14-49(42-73-65)50-34-55(57-44-75-83(46(2)3)59(57)35-50)68(86)74-43-56-47(4)33-48(5)76-69(56)87/h14-17,33-42,44,46,77H,11-13,18-32,43,45H2,1-10H3,(H,71,84)(H,72,85)(H,74,86)(H,76,87). The number of methoxy groups -OCH3 is 2. The van der Waals surface area contributed by atoms with E-state index in [1.54, 1.807) is 50.6 Å². The number of imidazole rings is 1. The number of unbranched alkanes of at least 4 members (excludes halogenated alkanes) is 1. The van der Waals surface area contributed by atoms with Gasteiger partial charge in [0.25, 0.3) is 21.5 Å². The summed E-state index contributed by atoms with van der Waals surface area (Å²) in [4.78, 5) is 78.9. The van der Waals surface area contributed by atoms with Crippen molar-refractivity contribution in [3.05, 3.63) is 134 Å². The highest BCUT2D eigenvalue weighted by Crippen LogP contribution is 2.39. The molecule has 9 rings (SSSR count). The predicted molar refractivity (Wildman–Crippen MR) is 375 cm³/mol. The first-order valence-electron chi connectivity index (χ1n) is 33.0. The van der Waals surface area contributed by atoms with E-state index in [2.05, 4.69) is 40.6 Å². The smallest absolute Gasteiger partial charge is 0.328 e. The van der Waals surface area contributed by atoms with Crippen molar-refractivity contribution in [3.63, 3.8) is 0 Å². The Morgan fingerprint density at radius 1 is 0.704 bits per heavy atom. The van der Waals surface area contributed by atoms with Crippen LogP contribution in [0.5, 0.6) is 34.5 Å². The van der Waals surface area contributed by atoms with Crippen LogP contribution in [0.3, 0.4) is 0 Å². The topological polar surface area (TPSA) is 298 Å². The van der Waals surface area contributed by atoms with Gasteiger partial charge in [-0.25, -0.2) is 18.2 Å². The van der Waals surface area contributed by atoms with Crippen molar-refractivity contribution in [2.24, 2.45) is 14.1 Å². The fourth-order valence-electron chi connectivity index (χ4n) is 11.5. The zero-order valence-corrected chi connectivity index (χ0v) is 58.4. The Balaban J connectivity index is 0.626. The number of aromatic nitrogens is 6. The second-order valence-electron chi connectivity index (χ2n) is 24.4. The number of carbonyl (C=O) groups is 3. The van der Waals surface area contributed by atoms with E-state index in [1.165, 1.54) is 41.6 Å². The first-order valence-corrected chi connectivity index (χ1v) is 34.4. The lowest BCUT2D eigenvalue weighted by Gasteiger charge is -2.35. The maximum atomic E-state index is 13.9. The molecule has 28 heteroatoms. The first kappa shape index (κ1) is 72.8. The van der Waals surface area contributed by atoms with Gasteiger partial charge in [-0.3, -0.25) is 47.5 Å². The van der Waals surface area contributed by atoms with Crippen LogP contribution >= 0.6 is 0 Å². The lowest BCUT2D eigenvalue weighted by Crippen LogP contribution is -2.48. The Labute approximate surface area is 570 Å². The quantitative estimate of drug-likeness (QED) is 0.0245. The maximum Gasteiger partial charge on any atom is 0.328 e. The van der Waals surface area contributed by atoms with Crippen molar-refractivity contribution < 1.29 is 56.0 Å². The number of nitrogens with one attached hydrogen (secondary N) is 5. The second-order valence-corrected chi connectivity index (χ2v) is 26.1. The number of aryl methyl sites for hydroxylation is 4.